The van der Waals surface area contributed by atoms with Crippen molar-refractivity contribution in [2.24, 2.45) is 11.1 Å². The van der Waals surface area contributed by atoms with Gasteiger partial charge in [0.2, 0.25) is 0 Å². The lowest BCUT2D eigenvalue weighted by molar-refractivity contribution is 0.0106. The Morgan fingerprint density at radius 1 is 1.17 bits per heavy atom. The number of nitrogens with zero attached hydrogens (tertiary/aromatic N) is 3. The molecule has 0 atom stereocenters. The van der Waals surface area contributed by atoms with E-state index in [0.29, 0.717) is 5.41 Å². The predicted octanol–water partition coefficient (Wildman–Crippen LogP) is 0.548. The average Bonchev–Trinajstić information content (AvgIpc) is 2.74. The van der Waals surface area contributed by atoms with Crippen molar-refractivity contribution in [1.82, 2.24) is 14.8 Å². The molecular formula is C14H22N4. The van der Waals surface area contributed by atoms with Crippen LogP contribution in [0, 0.1) is 5.41 Å². The lowest BCUT2D eigenvalue weighted by atomic mass is 9.79. The van der Waals surface area contributed by atoms with Crippen LogP contribution in [0.4, 0.5) is 0 Å². The van der Waals surface area contributed by atoms with Gasteiger partial charge in [-0.25, -0.2) is 0 Å². The van der Waals surface area contributed by atoms with Crippen LogP contribution in [-0.4, -0.2) is 54.1 Å². The summed E-state index contributed by atoms with van der Waals surface area (Å²) in [4.78, 5) is 9.13. The quantitative estimate of drug-likeness (QED) is 0.842. The number of pyridine rings is 1. The van der Waals surface area contributed by atoms with Gasteiger partial charge in [0, 0.05) is 57.1 Å². The third-order valence-electron chi connectivity index (χ3n) is 4.24. The van der Waals surface area contributed by atoms with Crippen molar-refractivity contribution in [3.05, 3.63) is 30.1 Å². The summed E-state index contributed by atoms with van der Waals surface area (Å²) < 4.78 is 0. The summed E-state index contributed by atoms with van der Waals surface area (Å²) in [6, 6.07) is 4.24. The highest BCUT2D eigenvalue weighted by molar-refractivity contribution is 5.11. The number of hydrogen-bond acceptors (Lipinski definition) is 4. The van der Waals surface area contributed by atoms with Crippen LogP contribution in [0.25, 0.3) is 0 Å². The third kappa shape index (κ3) is 2.41. The fourth-order valence-corrected chi connectivity index (χ4v) is 3.41. The molecule has 0 unspecified atom stereocenters. The molecule has 18 heavy (non-hydrogen) atoms. The molecular weight excluding hydrogens is 224 g/mol. The van der Waals surface area contributed by atoms with Crippen LogP contribution < -0.4 is 5.73 Å². The van der Waals surface area contributed by atoms with Crippen LogP contribution in [0.1, 0.15) is 12.0 Å². The van der Waals surface area contributed by atoms with E-state index in [4.69, 9.17) is 5.73 Å². The van der Waals surface area contributed by atoms with Crippen molar-refractivity contribution in [1.29, 1.82) is 0 Å². The highest BCUT2D eigenvalue weighted by Crippen LogP contribution is 2.39. The summed E-state index contributed by atoms with van der Waals surface area (Å²) in [6.07, 6.45) is 5.11. The molecule has 0 radical (unpaired) electrons. The Labute approximate surface area is 109 Å². The van der Waals surface area contributed by atoms with Crippen molar-refractivity contribution in [3.63, 3.8) is 0 Å². The van der Waals surface area contributed by atoms with Crippen LogP contribution >= 0.6 is 0 Å². The van der Waals surface area contributed by atoms with Crippen LogP contribution in [0.5, 0.6) is 0 Å². The van der Waals surface area contributed by atoms with Crippen LogP contribution in [0.2, 0.25) is 0 Å². The lowest BCUT2D eigenvalue weighted by Crippen LogP contribution is -2.58. The second kappa shape index (κ2) is 4.96. The summed E-state index contributed by atoms with van der Waals surface area (Å²) in [5.74, 6) is 0. The molecule has 0 bridgehead atoms. The van der Waals surface area contributed by atoms with Crippen LogP contribution in [0.3, 0.4) is 0 Å². The van der Waals surface area contributed by atoms with E-state index in [-0.39, 0.29) is 0 Å². The van der Waals surface area contributed by atoms with Gasteiger partial charge < -0.3 is 10.6 Å². The second-order valence-corrected chi connectivity index (χ2v) is 5.82. The molecule has 4 heteroatoms. The molecule has 98 valence electrons. The predicted molar refractivity (Wildman–Crippen MR) is 72.1 cm³/mol. The highest BCUT2D eigenvalue weighted by atomic mass is 15.3. The van der Waals surface area contributed by atoms with Crippen molar-refractivity contribution < 1.29 is 0 Å². The van der Waals surface area contributed by atoms with Gasteiger partial charge in [0.15, 0.2) is 0 Å². The molecule has 4 nitrogen and oxygen atoms in total. The van der Waals surface area contributed by atoms with Crippen LogP contribution in [-0.2, 0) is 6.54 Å². The first-order valence-corrected chi connectivity index (χ1v) is 6.83. The van der Waals surface area contributed by atoms with E-state index in [0.717, 1.165) is 19.6 Å². The minimum absolute atomic E-state index is 0.572. The normalized spacial score (nSPS) is 23.4. The minimum atomic E-state index is 0.572. The zero-order chi connectivity index (χ0) is 12.4. The fourth-order valence-electron chi connectivity index (χ4n) is 3.41. The summed E-state index contributed by atoms with van der Waals surface area (Å²) in [5, 5.41) is 0. The Hall–Kier alpha value is -0.970. The number of aromatic nitrogens is 1. The maximum absolute atomic E-state index is 5.60. The first-order chi connectivity index (χ1) is 8.80. The topological polar surface area (TPSA) is 45.4 Å². The number of rotatable bonds is 4. The molecule has 1 spiro atoms. The maximum Gasteiger partial charge on any atom is 0.0271 e. The van der Waals surface area contributed by atoms with E-state index in [1.54, 1.807) is 0 Å². The summed E-state index contributed by atoms with van der Waals surface area (Å²) >= 11 is 0. The Kier molecular flexibility index (Phi) is 3.33. The molecule has 1 aromatic rings. The van der Waals surface area contributed by atoms with Gasteiger partial charge in [-0.1, -0.05) is 0 Å². The van der Waals surface area contributed by atoms with E-state index in [9.17, 15) is 0 Å². The molecule has 3 heterocycles. The van der Waals surface area contributed by atoms with Gasteiger partial charge in [-0.15, -0.1) is 0 Å². The molecule has 3 rings (SSSR count). The van der Waals surface area contributed by atoms with Gasteiger partial charge in [-0.3, -0.25) is 9.88 Å². The van der Waals surface area contributed by atoms with E-state index >= 15 is 0 Å². The molecule has 2 N–H and O–H groups in total. The largest absolute Gasteiger partial charge is 0.329 e. The summed E-state index contributed by atoms with van der Waals surface area (Å²) in [6.45, 7) is 7.90. The Bertz CT molecular complexity index is 386. The van der Waals surface area contributed by atoms with Gasteiger partial charge in [0.05, 0.1) is 0 Å². The summed E-state index contributed by atoms with van der Waals surface area (Å²) in [7, 11) is 0. The molecule has 0 aromatic carbocycles. The van der Waals surface area contributed by atoms with Gasteiger partial charge in [-0.05, 0) is 30.7 Å². The van der Waals surface area contributed by atoms with Gasteiger partial charge >= 0.3 is 0 Å². The van der Waals surface area contributed by atoms with E-state index in [1.807, 2.05) is 12.4 Å². The molecule has 2 saturated heterocycles. The van der Waals surface area contributed by atoms with E-state index in [2.05, 4.69) is 26.9 Å². The maximum atomic E-state index is 5.60. The van der Waals surface area contributed by atoms with Gasteiger partial charge in [-0.2, -0.15) is 0 Å². The van der Waals surface area contributed by atoms with Crippen molar-refractivity contribution in [2.75, 3.05) is 39.3 Å². The highest BCUT2D eigenvalue weighted by Gasteiger charge is 2.46. The molecule has 2 fully saturated rings. The van der Waals surface area contributed by atoms with E-state index in [1.165, 1.54) is 38.2 Å². The van der Waals surface area contributed by atoms with Crippen molar-refractivity contribution in [3.8, 4) is 0 Å². The lowest BCUT2D eigenvalue weighted by Gasteiger charge is -2.48. The molecule has 1 aromatic heterocycles. The van der Waals surface area contributed by atoms with Gasteiger partial charge in [0.25, 0.3) is 0 Å². The smallest absolute Gasteiger partial charge is 0.0271 e. The number of hydrogen-bond donors (Lipinski definition) is 1. The SMILES string of the molecule is NCCN1CC2(CCN(Cc3ccncc3)C2)C1. The number of nitrogens with two attached hydrogens (primary N) is 1. The average molecular weight is 246 g/mol. The number of likely N-dealkylation sites (tertiary alicyclic amines) is 2. The third-order valence-corrected chi connectivity index (χ3v) is 4.24. The van der Waals surface area contributed by atoms with Crippen molar-refractivity contribution in [2.45, 2.75) is 13.0 Å². The molecule has 2 aliphatic heterocycles. The first-order valence-electron chi connectivity index (χ1n) is 6.83. The monoisotopic (exact) mass is 246 g/mol. The zero-order valence-corrected chi connectivity index (χ0v) is 10.9. The van der Waals surface area contributed by atoms with Crippen LogP contribution in [0.15, 0.2) is 24.5 Å². The zero-order valence-electron chi connectivity index (χ0n) is 10.9. The minimum Gasteiger partial charge on any atom is -0.329 e. The molecule has 2 aliphatic rings. The standard InChI is InChI=1S/C14H22N4/c15-4-8-18-11-14(12-18)3-7-17(10-14)9-13-1-5-16-6-2-13/h1-2,5-6H,3-4,7-12,15H2. The molecule has 0 amide bonds. The first kappa shape index (κ1) is 12.1. The molecule has 0 saturated carbocycles. The Morgan fingerprint density at radius 3 is 2.61 bits per heavy atom. The van der Waals surface area contributed by atoms with E-state index < -0.39 is 0 Å². The van der Waals surface area contributed by atoms with Gasteiger partial charge in [0.1, 0.15) is 0 Å². The Balaban J connectivity index is 1.51. The van der Waals surface area contributed by atoms with Crippen molar-refractivity contribution >= 4 is 0 Å². The fraction of sp³-hybridized carbons (Fsp3) is 0.643. The second-order valence-electron chi connectivity index (χ2n) is 5.82. The summed E-state index contributed by atoms with van der Waals surface area (Å²) in [5.41, 5.74) is 7.54. The molecule has 0 aliphatic carbocycles. The Morgan fingerprint density at radius 2 is 1.89 bits per heavy atom.